The molecule has 0 rings (SSSR count). The Bertz CT molecular complexity index is 118. The Morgan fingerprint density at radius 1 is 1.08 bits per heavy atom. The average Bonchev–Trinajstić information content (AvgIpc) is 2.04. The van der Waals surface area contributed by atoms with Gasteiger partial charge >= 0.3 is 0 Å². The maximum atomic E-state index is 2.44. The van der Waals surface area contributed by atoms with E-state index in [1.54, 1.807) is 0 Å². The topological polar surface area (TPSA) is 3.24 Å². The first-order chi connectivity index (χ1) is 5.99. The highest BCUT2D eigenvalue weighted by molar-refractivity contribution is 4.65. The van der Waals surface area contributed by atoms with E-state index < -0.39 is 0 Å². The summed E-state index contributed by atoms with van der Waals surface area (Å²) in [6, 6.07) is 0.685. The molecule has 0 N–H and O–H groups in total. The van der Waals surface area contributed by atoms with E-state index in [1.165, 1.54) is 19.4 Å². The molecule has 0 amide bonds. The molecule has 0 aliphatic carbocycles. The van der Waals surface area contributed by atoms with Gasteiger partial charge in [0.15, 0.2) is 0 Å². The third-order valence-corrected chi connectivity index (χ3v) is 3.20. The summed E-state index contributed by atoms with van der Waals surface area (Å²) >= 11 is 0. The number of nitrogens with zero attached hydrogens (tertiary/aromatic N) is 1. The third kappa shape index (κ3) is 5.30. The van der Waals surface area contributed by atoms with Crippen LogP contribution in [-0.4, -0.2) is 24.5 Å². The molecule has 80 valence electrons. The second-order valence-electron chi connectivity index (χ2n) is 4.78. The van der Waals surface area contributed by atoms with Gasteiger partial charge in [-0.3, -0.25) is 0 Å². The maximum absolute atomic E-state index is 2.44. The minimum atomic E-state index is 0.685. The predicted octanol–water partition coefficient (Wildman–Crippen LogP) is 3.40. The second kappa shape index (κ2) is 6.42. The average molecular weight is 185 g/mol. The Hall–Kier alpha value is -0.0400. The van der Waals surface area contributed by atoms with Gasteiger partial charge in [-0.05, 0) is 45.7 Å². The summed E-state index contributed by atoms with van der Waals surface area (Å²) < 4.78 is 0. The van der Waals surface area contributed by atoms with Crippen molar-refractivity contribution in [3.63, 3.8) is 0 Å². The van der Waals surface area contributed by atoms with Crippen LogP contribution in [0.1, 0.15) is 47.5 Å². The Morgan fingerprint density at radius 2 is 1.62 bits per heavy atom. The van der Waals surface area contributed by atoms with E-state index in [4.69, 9.17) is 0 Å². The van der Waals surface area contributed by atoms with E-state index in [2.05, 4.69) is 46.6 Å². The molecule has 1 heteroatoms. The number of hydrogen-bond donors (Lipinski definition) is 0. The van der Waals surface area contributed by atoms with Crippen LogP contribution in [0.3, 0.4) is 0 Å². The molecular weight excluding hydrogens is 158 g/mol. The SMILES string of the molecule is CCC(CCN(C)C(C)C)C(C)C. The van der Waals surface area contributed by atoms with Gasteiger partial charge in [-0.25, -0.2) is 0 Å². The Balaban J connectivity index is 3.72. The van der Waals surface area contributed by atoms with Crippen molar-refractivity contribution in [1.29, 1.82) is 0 Å². The Kier molecular flexibility index (Phi) is 6.40. The molecule has 1 unspecified atom stereocenters. The van der Waals surface area contributed by atoms with Crippen LogP contribution in [0.4, 0.5) is 0 Å². The van der Waals surface area contributed by atoms with Crippen molar-refractivity contribution in [3.05, 3.63) is 0 Å². The lowest BCUT2D eigenvalue weighted by atomic mass is 9.90. The first-order valence-corrected chi connectivity index (χ1v) is 5.69. The molecule has 0 aromatic heterocycles. The van der Waals surface area contributed by atoms with Crippen LogP contribution in [0, 0.1) is 11.8 Å². The van der Waals surface area contributed by atoms with Crippen LogP contribution in [0.5, 0.6) is 0 Å². The molecule has 0 bridgehead atoms. The van der Waals surface area contributed by atoms with Crippen LogP contribution >= 0.6 is 0 Å². The van der Waals surface area contributed by atoms with Crippen molar-refractivity contribution in [2.24, 2.45) is 11.8 Å². The summed E-state index contributed by atoms with van der Waals surface area (Å²) in [7, 11) is 2.22. The summed E-state index contributed by atoms with van der Waals surface area (Å²) in [6.45, 7) is 12.7. The molecule has 1 nitrogen and oxygen atoms in total. The van der Waals surface area contributed by atoms with Crippen molar-refractivity contribution in [1.82, 2.24) is 4.90 Å². The molecular formula is C12H27N. The van der Waals surface area contributed by atoms with Gasteiger partial charge in [-0.2, -0.15) is 0 Å². The number of rotatable bonds is 6. The maximum Gasteiger partial charge on any atom is 0.00355 e. The van der Waals surface area contributed by atoms with E-state index in [-0.39, 0.29) is 0 Å². The smallest absolute Gasteiger partial charge is 0.00355 e. The molecule has 0 saturated carbocycles. The quantitative estimate of drug-likeness (QED) is 0.613. The molecule has 0 radical (unpaired) electrons. The standard InChI is InChI=1S/C12H27N/c1-7-12(10(2)3)8-9-13(6)11(4)5/h10-12H,7-9H2,1-6H3. The van der Waals surface area contributed by atoms with Crippen molar-refractivity contribution in [3.8, 4) is 0 Å². The van der Waals surface area contributed by atoms with Crippen molar-refractivity contribution < 1.29 is 0 Å². The minimum absolute atomic E-state index is 0.685. The highest BCUT2D eigenvalue weighted by Crippen LogP contribution is 2.19. The predicted molar refractivity (Wildman–Crippen MR) is 61.0 cm³/mol. The summed E-state index contributed by atoms with van der Waals surface area (Å²) in [6.07, 6.45) is 2.67. The number of hydrogen-bond acceptors (Lipinski definition) is 1. The van der Waals surface area contributed by atoms with Gasteiger partial charge in [0.1, 0.15) is 0 Å². The molecule has 0 spiro atoms. The van der Waals surface area contributed by atoms with Crippen LogP contribution < -0.4 is 0 Å². The fourth-order valence-corrected chi connectivity index (χ4v) is 1.64. The molecule has 0 aromatic rings. The summed E-state index contributed by atoms with van der Waals surface area (Å²) in [5.74, 6) is 1.74. The lowest BCUT2D eigenvalue weighted by molar-refractivity contribution is 0.229. The Labute approximate surface area is 84.5 Å². The van der Waals surface area contributed by atoms with Gasteiger partial charge in [0.2, 0.25) is 0 Å². The van der Waals surface area contributed by atoms with Crippen LogP contribution in [0.25, 0.3) is 0 Å². The molecule has 0 heterocycles. The molecule has 0 fully saturated rings. The van der Waals surface area contributed by atoms with Crippen LogP contribution in [-0.2, 0) is 0 Å². The van der Waals surface area contributed by atoms with E-state index in [9.17, 15) is 0 Å². The zero-order chi connectivity index (χ0) is 10.4. The first kappa shape index (κ1) is 13.0. The molecule has 0 aliphatic rings. The van der Waals surface area contributed by atoms with Gasteiger partial charge in [0.05, 0.1) is 0 Å². The Morgan fingerprint density at radius 3 is 1.92 bits per heavy atom. The highest BCUT2D eigenvalue weighted by Gasteiger charge is 2.12. The first-order valence-electron chi connectivity index (χ1n) is 5.69. The molecule has 0 aliphatic heterocycles. The summed E-state index contributed by atoms with van der Waals surface area (Å²) in [5, 5.41) is 0. The lowest BCUT2D eigenvalue weighted by Gasteiger charge is -2.25. The van der Waals surface area contributed by atoms with Gasteiger partial charge in [-0.1, -0.05) is 27.2 Å². The van der Waals surface area contributed by atoms with Gasteiger partial charge < -0.3 is 4.90 Å². The fourth-order valence-electron chi connectivity index (χ4n) is 1.64. The van der Waals surface area contributed by atoms with E-state index >= 15 is 0 Å². The van der Waals surface area contributed by atoms with E-state index in [0.717, 1.165) is 11.8 Å². The zero-order valence-corrected chi connectivity index (χ0v) is 10.3. The minimum Gasteiger partial charge on any atom is -0.304 e. The van der Waals surface area contributed by atoms with Crippen molar-refractivity contribution in [2.45, 2.75) is 53.5 Å². The molecule has 0 saturated heterocycles. The van der Waals surface area contributed by atoms with Crippen LogP contribution in [0.15, 0.2) is 0 Å². The van der Waals surface area contributed by atoms with Crippen LogP contribution in [0.2, 0.25) is 0 Å². The zero-order valence-electron chi connectivity index (χ0n) is 10.3. The molecule has 0 aromatic carbocycles. The van der Waals surface area contributed by atoms with Gasteiger partial charge in [0, 0.05) is 6.04 Å². The molecule has 1 atom stereocenters. The normalized spacial score (nSPS) is 14.5. The summed E-state index contributed by atoms with van der Waals surface area (Å²) in [5.41, 5.74) is 0. The lowest BCUT2D eigenvalue weighted by Crippen LogP contribution is -2.29. The second-order valence-corrected chi connectivity index (χ2v) is 4.78. The molecule has 13 heavy (non-hydrogen) atoms. The highest BCUT2D eigenvalue weighted by atomic mass is 15.1. The van der Waals surface area contributed by atoms with Crippen molar-refractivity contribution in [2.75, 3.05) is 13.6 Å². The van der Waals surface area contributed by atoms with Crippen molar-refractivity contribution >= 4 is 0 Å². The third-order valence-electron chi connectivity index (χ3n) is 3.20. The van der Waals surface area contributed by atoms with E-state index in [1.807, 2.05) is 0 Å². The van der Waals surface area contributed by atoms with Gasteiger partial charge in [-0.15, -0.1) is 0 Å². The summed E-state index contributed by atoms with van der Waals surface area (Å²) in [4.78, 5) is 2.44. The largest absolute Gasteiger partial charge is 0.304 e. The monoisotopic (exact) mass is 185 g/mol. The fraction of sp³-hybridized carbons (Fsp3) is 1.00. The van der Waals surface area contributed by atoms with E-state index in [0.29, 0.717) is 6.04 Å². The van der Waals surface area contributed by atoms with Gasteiger partial charge in [0.25, 0.3) is 0 Å².